The average Bonchev–Trinajstić information content (AvgIpc) is 2.74. The molecule has 1 N–H and O–H groups in total. The fourth-order valence-electron chi connectivity index (χ4n) is 3.12. The summed E-state index contributed by atoms with van der Waals surface area (Å²) >= 11 is 5.91. The summed E-state index contributed by atoms with van der Waals surface area (Å²) in [6.45, 7) is 4.08. The molecule has 7 heteroatoms. The van der Waals surface area contributed by atoms with Gasteiger partial charge in [0.25, 0.3) is 0 Å². The number of hydrogen-bond donors (Lipinski definition) is 1. The van der Waals surface area contributed by atoms with Crippen LogP contribution in [-0.2, 0) is 27.9 Å². The van der Waals surface area contributed by atoms with Gasteiger partial charge in [-0.1, -0.05) is 71.3 Å². The molecule has 0 aliphatic rings. The summed E-state index contributed by atoms with van der Waals surface area (Å²) in [7, 11) is -3.90. The van der Waals surface area contributed by atoms with Crippen LogP contribution in [0.4, 0.5) is 0 Å². The van der Waals surface area contributed by atoms with Gasteiger partial charge in [0.05, 0.1) is 11.4 Å². The molecule has 1 amide bonds. The zero-order valence-corrected chi connectivity index (χ0v) is 19.1. The van der Waals surface area contributed by atoms with Crippen LogP contribution in [0.2, 0.25) is 5.02 Å². The summed E-state index contributed by atoms with van der Waals surface area (Å²) in [4.78, 5) is 12.7. The maximum absolute atomic E-state index is 13.3. The second-order valence-corrected chi connectivity index (χ2v) is 9.85. The standard InChI is InChI=1S/C24H25ClN2O3S/c1-18-6-8-20(9-7-18)16-27(31(29,30)23-12-10-22(25)11-13-23)17-24(28)26-15-21-5-3-4-19(2)14-21/h3-14H,15-17H2,1-2H3,(H,26,28). The molecule has 3 aromatic carbocycles. The van der Waals surface area contributed by atoms with Crippen molar-refractivity contribution in [3.63, 3.8) is 0 Å². The third-order valence-electron chi connectivity index (χ3n) is 4.82. The molecule has 3 rings (SSSR count). The Labute approximate surface area is 188 Å². The van der Waals surface area contributed by atoms with Crippen LogP contribution in [0.15, 0.2) is 77.7 Å². The van der Waals surface area contributed by atoms with Crippen LogP contribution in [0.3, 0.4) is 0 Å². The van der Waals surface area contributed by atoms with Crippen molar-refractivity contribution in [2.45, 2.75) is 31.8 Å². The maximum atomic E-state index is 13.3. The summed E-state index contributed by atoms with van der Waals surface area (Å²) in [5.41, 5.74) is 3.93. The van der Waals surface area contributed by atoms with E-state index in [2.05, 4.69) is 5.32 Å². The number of sulfonamides is 1. The molecule has 0 radical (unpaired) electrons. The van der Waals surface area contributed by atoms with Crippen LogP contribution >= 0.6 is 11.6 Å². The third-order valence-corrected chi connectivity index (χ3v) is 6.88. The molecule has 0 atom stereocenters. The minimum absolute atomic E-state index is 0.0864. The van der Waals surface area contributed by atoms with Crippen LogP contribution in [0, 0.1) is 13.8 Å². The summed E-state index contributed by atoms with van der Waals surface area (Å²) in [6, 6.07) is 21.3. The highest BCUT2D eigenvalue weighted by molar-refractivity contribution is 7.89. The zero-order chi connectivity index (χ0) is 22.4. The third kappa shape index (κ3) is 6.40. The Kier molecular flexibility index (Phi) is 7.49. The van der Waals surface area contributed by atoms with E-state index in [4.69, 9.17) is 11.6 Å². The molecule has 0 aliphatic carbocycles. The van der Waals surface area contributed by atoms with Gasteiger partial charge in [0, 0.05) is 18.1 Å². The average molecular weight is 457 g/mol. The Morgan fingerprint density at radius 2 is 1.58 bits per heavy atom. The molecular weight excluding hydrogens is 432 g/mol. The number of carbonyl (C=O) groups excluding carboxylic acids is 1. The quantitative estimate of drug-likeness (QED) is 0.544. The molecule has 31 heavy (non-hydrogen) atoms. The first kappa shape index (κ1) is 23.0. The van der Waals surface area contributed by atoms with E-state index >= 15 is 0 Å². The van der Waals surface area contributed by atoms with E-state index < -0.39 is 10.0 Å². The molecule has 5 nitrogen and oxygen atoms in total. The van der Waals surface area contributed by atoms with Gasteiger partial charge < -0.3 is 5.32 Å². The van der Waals surface area contributed by atoms with Crippen LogP contribution < -0.4 is 5.32 Å². The largest absolute Gasteiger partial charge is 0.351 e. The smallest absolute Gasteiger partial charge is 0.243 e. The highest BCUT2D eigenvalue weighted by atomic mass is 35.5. The van der Waals surface area contributed by atoms with E-state index in [1.54, 1.807) is 0 Å². The summed E-state index contributed by atoms with van der Waals surface area (Å²) < 4.78 is 27.7. The lowest BCUT2D eigenvalue weighted by molar-refractivity contribution is -0.121. The van der Waals surface area contributed by atoms with Gasteiger partial charge in [0.15, 0.2) is 0 Å². The summed E-state index contributed by atoms with van der Waals surface area (Å²) in [6.07, 6.45) is 0. The number of rotatable bonds is 8. The molecule has 0 saturated carbocycles. The lowest BCUT2D eigenvalue weighted by Crippen LogP contribution is -2.40. The van der Waals surface area contributed by atoms with E-state index in [1.807, 2.05) is 62.4 Å². The predicted molar refractivity (Wildman–Crippen MR) is 123 cm³/mol. The molecule has 0 aliphatic heterocycles. The molecule has 0 heterocycles. The fraction of sp³-hybridized carbons (Fsp3) is 0.208. The van der Waals surface area contributed by atoms with Gasteiger partial charge in [0.2, 0.25) is 15.9 Å². The first-order valence-corrected chi connectivity index (χ1v) is 11.7. The van der Waals surface area contributed by atoms with Crippen LogP contribution in [0.25, 0.3) is 0 Å². The van der Waals surface area contributed by atoms with Gasteiger partial charge in [0.1, 0.15) is 0 Å². The number of hydrogen-bond acceptors (Lipinski definition) is 3. The first-order chi connectivity index (χ1) is 14.7. The Morgan fingerprint density at radius 3 is 2.23 bits per heavy atom. The van der Waals surface area contributed by atoms with Crippen molar-refractivity contribution in [3.8, 4) is 0 Å². The van der Waals surface area contributed by atoms with Crippen LogP contribution in [-0.4, -0.2) is 25.2 Å². The van der Waals surface area contributed by atoms with Crippen LogP contribution in [0.1, 0.15) is 22.3 Å². The first-order valence-electron chi connectivity index (χ1n) is 9.87. The monoisotopic (exact) mass is 456 g/mol. The Bertz CT molecular complexity index is 1140. The van der Waals surface area contributed by atoms with Crippen molar-refractivity contribution in [2.24, 2.45) is 0 Å². The number of nitrogens with one attached hydrogen (secondary N) is 1. The normalized spacial score (nSPS) is 11.5. The molecule has 0 bridgehead atoms. The molecular formula is C24H25ClN2O3S. The van der Waals surface area contributed by atoms with Gasteiger partial charge in [-0.25, -0.2) is 8.42 Å². The number of halogens is 1. The summed E-state index contributed by atoms with van der Waals surface area (Å²) in [5.74, 6) is -0.369. The highest BCUT2D eigenvalue weighted by Crippen LogP contribution is 2.20. The fourth-order valence-corrected chi connectivity index (χ4v) is 4.63. The second-order valence-electron chi connectivity index (χ2n) is 7.48. The van der Waals surface area contributed by atoms with Gasteiger partial charge >= 0.3 is 0 Å². The topological polar surface area (TPSA) is 66.5 Å². The number of benzene rings is 3. The van der Waals surface area contributed by atoms with E-state index in [1.165, 1.54) is 28.6 Å². The second kappa shape index (κ2) is 10.1. The van der Waals surface area contributed by atoms with Gasteiger partial charge in [-0.15, -0.1) is 0 Å². The van der Waals surface area contributed by atoms with E-state index in [0.29, 0.717) is 11.6 Å². The predicted octanol–water partition coefficient (Wildman–Crippen LogP) is 4.46. The number of aryl methyl sites for hydroxylation is 2. The molecule has 162 valence electrons. The lowest BCUT2D eigenvalue weighted by Gasteiger charge is -2.22. The summed E-state index contributed by atoms with van der Waals surface area (Å²) in [5, 5.41) is 3.26. The molecule has 0 fully saturated rings. The minimum Gasteiger partial charge on any atom is -0.351 e. The minimum atomic E-state index is -3.90. The molecule has 3 aromatic rings. The molecule has 0 saturated heterocycles. The van der Waals surface area contributed by atoms with Crippen molar-refractivity contribution in [2.75, 3.05) is 6.54 Å². The number of amides is 1. The van der Waals surface area contributed by atoms with Crippen molar-refractivity contribution in [1.82, 2.24) is 9.62 Å². The van der Waals surface area contributed by atoms with Crippen molar-refractivity contribution < 1.29 is 13.2 Å². The molecule has 0 aromatic heterocycles. The van der Waals surface area contributed by atoms with E-state index in [-0.39, 0.29) is 23.9 Å². The van der Waals surface area contributed by atoms with Gasteiger partial charge in [-0.2, -0.15) is 4.31 Å². The molecule has 0 spiro atoms. The highest BCUT2D eigenvalue weighted by Gasteiger charge is 2.27. The number of nitrogens with zero attached hydrogens (tertiary/aromatic N) is 1. The number of carbonyl (C=O) groups is 1. The lowest BCUT2D eigenvalue weighted by atomic mass is 10.1. The van der Waals surface area contributed by atoms with Crippen molar-refractivity contribution in [3.05, 3.63) is 100 Å². The van der Waals surface area contributed by atoms with Crippen molar-refractivity contribution in [1.29, 1.82) is 0 Å². The Hall–Kier alpha value is -2.67. The van der Waals surface area contributed by atoms with Crippen molar-refractivity contribution >= 4 is 27.5 Å². The zero-order valence-electron chi connectivity index (χ0n) is 17.5. The van der Waals surface area contributed by atoms with Gasteiger partial charge in [-0.05, 0) is 49.2 Å². The van der Waals surface area contributed by atoms with E-state index in [9.17, 15) is 13.2 Å². The Balaban J connectivity index is 1.79. The van der Waals surface area contributed by atoms with Gasteiger partial charge in [-0.3, -0.25) is 4.79 Å². The van der Waals surface area contributed by atoms with Crippen LogP contribution in [0.5, 0.6) is 0 Å². The molecule has 0 unspecified atom stereocenters. The SMILES string of the molecule is Cc1ccc(CN(CC(=O)NCc2cccc(C)c2)S(=O)(=O)c2ccc(Cl)cc2)cc1. The Morgan fingerprint density at radius 1 is 0.903 bits per heavy atom. The maximum Gasteiger partial charge on any atom is 0.243 e. The van der Waals surface area contributed by atoms with E-state index in [0.717, 1.165) is 22.3 Å².